The van der Waals surface area contributed by atoms with E-state index in [-0.39, 0.29) is 10.7 Å². The summed E-state index contributed by atoms with van der Waals surface area (Å²) in [6.45, 7) is 4.41. The van der Waals surface area contributed by atoms with E-state index in [2.05, 4.69) is 18.8 Å². The number of rotatable bonds is 2. The Labute approximate surface area is 106 Å². The number of hydrogen-bond acceptors (Lipinski definition) is 2. The highest BCUT2D eigenvalue weighted by atomic mass is 35.5. The Bertz CT molecular complexity index is 457. The first kappa shape index (κ1) is 12.4. The molecular weight excluding hydrogens is 238 g/mol. The van der Waals surface area contributed by atoms with E-state index in [1.54, 1.807) is 6.07 Å². The van der Waals surface area contributed by atoms with Crippen LogP contribution in [0.5, 0.6) is 0 Å². The van der Waals surface area contributed by atoms with Gasteiger partial charge in [-0.05, 0) is 42.7 Å². The lowest BCUT2D eigenvalue weighted by atomic mass is 9.80. The van der Waals surface area contributed by atoms with Crippen LogP contribution in [0.25, 0.3) is 0 Å². The Hall–Kier alpha value is -1.09. The van der Waals surface area contributed by atoms with E-state index < -0.39 is 5.97 Å². The van der Waals surface area contributed by atoms with Crippen LogP contribution in [0.15, 0.2) is 6.07 Å². The molecule has 4 heteroatoms. The fourth-order valence-electron chi connectivity index (χ4n) is 2.39. The molecule has 17 heavy (non-hydrogen) atoms. The molecule has 1 heterocycles. The average Bonchev–Trinajstić information content (AvgIpc) is 2.27. The lowest BCUT2D eigenvalue weighted by molar-refractivity contribution is 0.0696. The Morgan fingerprint density at radius 3 is 2.88 bits per heavy atom. The van der Waals surface area contributed by atoms with E-state index in [0.717, 1.165) is 30.5 Å². The Kier molecular flexibility index (Phi) is 3.38. The first-order valence-electron chi connectivity index (χ1n) is 5.90. The largest absolute Gasteiger partial charge is 0.478 e. The van der Waals surface area contributed by atoms with Crippen molar-refractivity contribution in [2.24, 2.45) is 11.8 Å². The molecule has 1 unspecified atom stereocenters. The van der Waals surface area contributed by atoms with Crippen LogP contribution in [0, 0.1) is 11.8 Å². The molecule has 92 valence electrons. The van der Waals surface area contributed by atoms with Crippen LogP contribution in [0.4, 0.5) is 0 Å². The smallest absolute Gasteiger partial charge is 0.338 e. The maximum Gasteiger partial charge on any atom is 0.338 e. The monoisotopic (exact) mass is 253 g/mol. The van der Waals surface area contributed by atoms with Gasteiger partial charge in [0.05, 0.1) is 5.56 Å². The highest BCUT2D eigenvalue weighted by Crippen LogP contribution is 2.31. The number of aromatic nitrogens is 1. The molecule has 0 aromatic carbocycles. The summed E-state index contributed by atoms with van der Waals surface area (Å²) in [7, 11) is 0. The lowest BCUT2D eigenvalue weighted by Crippen LogP contribution is -2.21. The maximum absolute atomic E-state index is 11.0. The third-order valence-corrected chi connectivity index (χ3v) is 3.84. The van der Waals surface area contributed by atoms with Crippen LogP contribution < -0.4 is 0 Å². The SMILES string of the molecule is CC(C)C1CCc2nc(Cl)c(C(=O)O)cc2C1. The van der Waals surface area contributed by atoms with Crippen molar-refractivity contribution in [3.05, 3.63) is 28.0 Å². The van der Waals surface area contributed by atoms with Crippen LogP contribution in [-0.2, 0) is 12.8 Å². The van der Waals surface area contributed by atoms with Gasteiger partial charge < -0.3 is 5.11 Å². The van der Waals surface area contributed by atoms with E-state index in [9.17, 15) is 4.79 Å². The molecule has 1 aromatic rings. The predicted molar refractivity (Wildman–Crippen MR) is 66.6 cm³/mol. The number of fused-ring (bicyclic) bond motifs is 1. The number of pyridine rings is 1. The maximum atomic E-state index is 11.0. The molecule has 1 aliphatic rings. The van der Waals surface area contributed by atoms with Crippen LogP contribution in [0.2, 0.25) is 5.15 Å². The number of aryl methyl sites for hydroxylation is 1. The highest BCUT2D eigenvalue weighted by Gasteiger charge is 2.24. The molecule has 2 rings (SSSR count). The van der Waals surface area contributed by atoms with Crippen molar-refractivity contribution in [1.82, 2.24) is 4.98 Å². The predicted octanol–water partition coefficient (Wildman–Crippen LogP) is 3.19. The molecular formula is C13H16ClNO2. The topological polar surface area (TPSA) is 50.2 Å². The number of carbonyl (C=O) groups is 1. The second-order valence-corrected chi connectivity index (χ2v) is 5.34. The Morgan fingerprint density at radius 1 is 1.59 bits per heavy atom. The first-order valence-corrected chi connectivity index (χ1v) is 6.28. The summed E-state index contributed by atoms with van der Waals surface area (Å²) in [6, 6.07) is 1.70. The van der Waals surface area contributed by atoms with Gasteiger partial charge in [-0.1, -0.05) is 25.4 Å². The van der Waals surface area contributed by atoms with E-state index in [1.807, 2.05) is 0 Å². The zero-order chi connectivity index (χ0) is 12.6. The number of nitrogens with zero attached hydrogens (tertiary/aromatic N) is 1. The van der Waals surface area contributed by atoms with Crippen LogP contribution in [0.3, 0.4) is 0 Å². The standard InChI is InChI=1S/C13H16ClNO2/c1-7(2)8-3-4-11-9(5-8)6-10(13(16)17)12(14)15-11/h6-8H,3-5H2,1-2H3,(H,16,17). The number of halogens is 1. The Balaban J connectivity index is 2.37. The summed E-state index contributed by atoms with van der Waals surface area (Å²) >= 11 is 5.86. The number of hydrogen-bond donors (Lipinski definition) is 1. The minimum absolute atomic E-state index is 0.110. The van der Waals surface area contributed by atoms with Crippen molar-refractivity contribution in [2.75, 3.05) is 0 Å². The van der Waals surface area contributed by atoms with E-state index >= 15 is 0 Å². The van der Waals surface area contributed by atoms with Crippen molar-refractivity contribution in [3.8, 4) is 0 Å². The molecule has 0 saturated heterocycles. The molecule has 1 aromatic heterocycles. The van der Waals surface area contributed by atoms with Crippen LogP contribution in [-0.4, -0.2) is 16.1 Å². The van der Waals surface area contributed by atoms with Gasteiger partial charge in [-0.2, -0.15) is 0 Å². The van der Waals surface area contributed by atoms with Gasteiger partial charge >= 0.3 is 5.97 Å². The molecule has 0 radical (unpaired) electrons. The summed E-state index contributed by atoms with van der Waals surface area (Å²) in [5, 5.41) is 9.13. The molecule has 1 aliphatic carbocycles. The lowest BCUT2D eigenvalue weighted by Gasteiger charge is -2.27. The van der Waals surface area contributed by atoms with Crippen molar-refractivity contribution in [3.63, 3.8) is 0 Å². The number of carboxylic acids is 1. The third-order valence-electron chi connectivity index (χ3n) is 3.55. The molecule has 3 nitrogen and oxygen atoms in total. The van der Waals surface area contributed by atoms with Crippen molar-refractivity contribution in [1.29, 1.82) is 0 Å². The summed E-state index contributed by atoms with van der Waals surface area (Å²) in [5.41, 5.74) is 2.14. The first-order chi connectivity index (χ1) is 7.99. The van der Waals surface area contributed by atoms with E-state index in [4.69, 9.17) is 16.7 Å². The van der Waals surface area contributed by atoms with Gasteiger partial charge in [0, 0.05) is 5.69 Å². The summed E-state index contributed by atoms with van der Waals surface area (Å²) in [4.78, 5) is 15.2. The molecule has 0 fully saturated rings. The van der Waals surface area contributed by atoms with Gasteiger partial charge in [0.25, 0.3) is 0 Å². The van der Waals surface area contributed by atoms with Gasteiger partial charge in [-0.3, -0.25) is 0 Å². The summed E-state index contributed by atoms with van der Waals surface area (Å²) in [6.07, 6.45) is 2.93. The third kappa shape index (κ3) is 2.44. The zero-order valence-corrected chi connectivity index (χ0v) is 10.8. The summed E-state index contributed by atoms with van der Waals surface area (Å²) < 4.78 is 0. The molecule has 1 N–H and O–H groups in total. The van der Waals surface area contributed by atoms with Crippen LogP contribution >= 0.6 is 11.6 Å². The Morgan fingerprint density at radius 2 is 2.29 bits per heavy atom. The minimum atomic E-state index is -1.00. The quantitative estimate of drug-likeness (QED) is 0.824. The molecule has 0 spiro atoms. The number of aromatic carboxylic acids is 1. The van der Waals surface area contributed by atoms with Gasteiger partial charge in [-0.15, -0.1) is 0 Å². The molecule has 0 aliphatic heterocycles. The minimum Gasteiger partial charge on any atom is -0.478 e. The normalized spacial score (nSPS) is 19.2. The summed E-state index contributed by atoms with van der Waals surface area (Å²) in [5.74, 6) is 0.233. The second kappa shape index (κ2) is 4.65. The molecule has 1 atom stereocenters. The van der Waals surface area contributed by atoms with Gasteiger partial charge in [-0.25, -0.2) is 9.78 Å². The fourth-order valence-corrected chi connectivity index (χ4v) is 2.62. The second-order valence-electron chi connectivity index (χ2n) is 4.98. The molecule has 0 saturated carbocycles. The van der Waals surface area contributed by atoms with E-state index in [1.165, 1.54) is 0 Å². The fraction of sp³-hybridized carbons (Fsp3) is 0.538. The van der Waals surface area contributed by atoms with E-state index in [0.29, 0.717) is 11.8 Å². The van der Waals surface area contributed by atoms with Gasteiger partial charge in [0.1, 0.15) is 5.15 Å². The molecule has 0 bridgehead atoms. The van der Waals surface area contributed by atoms with Crippen molar-refractivity contribution < 1.29 is 9.90 Å². The van der Waals surface area contributed by atoms with Crippen molar-refractivity contribution in [2.45, 2.75) is 33.1 Å². The highest BCUT2D eigenvalue weighted by molar-refractivity contribution is 6.32. The number of carboxylic acid groups (broad SMARTS) is 1. The molecule has 0 amide bonds. The van der Waals surface area contributed by atoms with Crippen molar-refractivity contribution >= 4 is 17.6 Å². The zero-order valence-electron chi connectivity index (χ0n) is 10.0. The van der Waals surface area contributed by atoms with Crippen LogP contribution in [0.1, 0.15) is 41.9 Å². The van der Waals surface area contributed by atoms with Gasteiger partial charge in [0.15, 0.2) is 0 Å². The van der Waals surface area contributed by atoms with Gasteiger partial charge in [0.2, 0.25) is 0 Å². The average molecular weight is 254 g/mol.